The van der Waals surface area contributed by atoms with E-state index < -0.39 is 0 Å². The van der Waals surface area contributed by atoms with Crippen molar-refractivity contribution in [3.8, 4) is 11.8 Å². The summed E-state index contributed by atoms with van der Waals surface area (Å²) in [5, 5.41) is 9.25. The number of nitrogen functional groups attached to an aromatic ring is 2. The molecule has 4 aromatic rings. The highest BCUT2D eigenvalue weighted by Crippen LogP contribution is 2.18. The highest BCUT2D eigenvalue weighted by molar-refractivity contribution is 5.81. The topological polar surface area (TPSA) is 136 Å². The predicted octanol–water partition coefficient (Wildman–Crippen LogP) is 3.39. The first-order valence-electron chi connectivity index (χ1n) is 10.1. The molecule has 0 amide bonds. The monoisotopic (exact) mass is 427 g/mol. The Kier molecular flexibility index (Phi) is 6.50. The Morgan fingerprint density at radius 2 is 1.66 bits per heavy atom. The van der Waals surface area contributed by atoms with Crippen LogP contribution in [0.15, 0.2) is 47.3 Å². The molecule has 0 fully saturated rings. The van der Waals surface area contributed by atoms with Crippen molar-refractivity contribution >= 4 is 22.7 Å². The van der Waals surface area contributed by atoms with E-state index in [1.54, 1.807) is 11.5 Å². The van der Waals surface area contributed by atoms with Crippen molar-refractivity contribution in [1.29, 1.82) is 5.26 Å². The van der Waals surface area contributed by atoms with E-state index in [1.807, 2.05) is 69.3 Å². The fourth-order valence-electron chi connectivity index (χ4n) is 3.50. The predicted molar refractivity (Wildman–Crippen MR) is 127 cm³/mol. The third-order valence-electron chi connectivity index (χ3n) is 5.09. The second-order valence-corrected chi connectivity index (χ2v) is 7.32. The Balaban J connectivity index is 0.000000222. The number of rotatable bonds is 2. The zero-order valence-electron chi connectivity index (χ0n) is 18.5. The van der Waals surface area contributed by atoms with Gasteiger partial charge in [-0.2, -0.15) is 10.2 Å². The maximum absolute atomic E-state index is 13.0. The second-order valence-electron chi connectivity index (χ2n) is 7.32. The molecule has 0 aliphatic rings. The van der Waals surface area contributed by atoms with E-state index in [0.717, 1.165) is 28.2 Å². The first-order chi connectivity index (χ1) is 15.3. The molecule has 2 aromatic heterocycles. The van der Waals surface area contributed by atoms with Gasteiger partial charge in [-0.1, -0.05) is 37.3 Å². The van der Waals surface area contributed by atoms with Gasteiger partial charge in [0.2, 0.25) is 5.95 Å². The van der Waals surface area contributed by atoms with Gasteiger partial charge >= 0.3 is 0 Å². The summed E-state index contributed by atoms with van der Waals surface area (Å²) in [6, 6.07) is 15.6. The van der Waals surface area contributed by atoms with Gasteiger partial charge in [-0.25, -0.2) is 9.97 Å². The maximum Gasteiger partial charge on any atom is 0.266 e. The lowest BCUT2D eigenvalue weighted by atomic mass is 10.1. The molecule has 8 heteroatoms. The summed E-state index contributed by atoms with van der Waals surface area (Å²) in [4.78, 5) is 25.1. The summed E-state index contributed by atoms with van der Waals surface area (Å²) >= 11 is 0. The number of nitriles is 1. The summed E-state index contributed by atoms with van der Waals surface area (Å²) in [5.41, 5.74) is 15.2. The molecular weight excluding hydrogens is 402 g/mol. The average Bonchev–Trinajstić information content (AvgIpc) is 2.74. The van der Waals surface area contributed by atoms with Crippen LogP contribution in [-0.2, 0) is 6.42 Å². The Morgan fingerprint density at radius 1 is 0.969 bits per heavy atom. The van der Waals surface area contributed by atoms with E-state index in [9.17, 15) is 4.79 Å². The van der Waals surface area contributed by atoms with Crippen LogP contribution in [0.4, 0.5) is 11.8 Å². The third-order valence-corrected chi connectivity index (χ3v) is 5.09. The van der Waals surface area contributed by atoms with Crippen molar-refractivity contribution in [3.63, 3.8) is 0 Å². The van der Waals surface area contributed by atoms with Gasteiger partial charge in [0.25, 0.3) is 5.56 Å². The molecular formula is C24H25N7O. The molecule has 0 radical (unpaired) electrons. The highest BCUT2D eigenvalue weighted by Gasteiger charge is 2.14. The van der Waals surface area contributed by atoms with Crippen molar-refractivity contribution in [2.75, 3.05) is 11.5 Å². The van der Waals surface area contributed by atoms with Crippen LogP contribution in [0.1, 0.15) is 35.1 Å². The largest absolute Gasteiger partial charge is 0.382 e. The minimum Gasteiger partial charge on any atom is -0.382 e. The molecule has 0 aliphatic heterocycles. The van der Waals surface area contributed by atoms with Gasteiger partial charge in [0.15, 0.2) is 0 Å². The molecule has 0 unspecified atom stereocenters. The van der Waals surface area contributed by atoms with Crippen molar-refractivity contribution in [2.24, 2.45) is 0 Å². The van der Waals surface area contributed by atoms with Gasteiger partial charge in [-0.15, -0.1) is 0 Å². The van der Waals surface area contributed by atoms with Crippen molar-refractivity contribution in [1.82, 2.24) is 19.5 Å². The van der Waals surface area contributed by atoms with Crippen LogP contribution in [0.5, 0.6) is 0 Å². The maximum atomic E-state index is 13.0. The van der Waals surface area contributed by atoms with E-state index in [4.69, 9.17) is 21.7 Å². The molecule has 8 nitrogen and oxygen atoms in total. The second kappa shape index (κ2) is 9.27. The highest BCUT2D eigenvalue weighted by atomic mass is 16.1. The minimum absolute atomic E-state index is 0.0178. The average molecular weight is 428 g/mol. The Labute approximate surface area is 186 Å². The van der Waals surface area contributed by atoms with Crippen molar-refractivity contribution in [2.45, 2.75) is 34.1 Å². The third kappa shape index (κ3) is 4.27. The molecule has 0 spiro atoms. The molecule has 0 bridgehead atoms. The Morgan fingerprint density at radius 3 is 2.28 bits per heavy atom. The Hall–Kier alpha value is -4.25. The number of nitrogens with zero attached hydrogens (tertiary/aromatic N) is 5. The van der Waals surface area contributed by atoms with Crippen molar-refractivity contribution in [3.05, 3.63) is 81.0 Å². The van der Waals surface area contributed by atoms with Crippen LogP contribution in [0, 0.1) is 32.1 Å². The van der Waals surface area contributed by atoms with E-state index >= 15 is 0 Å². The van der Waals surface area contributed by atoms with Crippen molar-refractivity contribution < 1.29 is 0 Å². The summed E-state index contributed by atoms with van der Waals surface area (Å²) < 4.78 is 1.75. The summed E-state index contributed by atoms with van der Waals surface area (Å²) in [6.45, 7) is 7.66. The van der Waals surface area contributed by atoms with Gasteiger partial charge in [0, 0.05) is 6.42 Å². The molecule has 162 valence electrons. The number of nitrogens with two attached hydrogens (primary N) is 2. The number of aromatic nitrogens is 4. The molecule has 0 saturated heterocycles. The molecule has 4 rings (SSSR count). The summed E-state index contributed by atoms with van der Waals surface area (Å²) in [6.07, 6.45) is 0.716. The van der Waals surface area contributed by atoms with Crippen LogP contribution < -0.4 is 17.0 Å². The number of benzene rings is 2. The summed E-state index contributed by atoms with van der Waals surface area (Å²) in [5.74, 6) is 1.03. The van der Waals surface area contributed by atoms with E-state index in [2.05, 4.69) is 9.97 Å². The fourth-order valence-corrected chi connectivity index (χ4v) is 3.50. The number of anilines is 2. The van der Waals surface area contributed by atoms with Gasteiger partial charge < -0.3 is 11.5 Å². The smallest absolute Gasteiger partial charge is 0.266 e. The molecule has 2 heterocycles. The molecule has 32 heavy (non-hydrogen) atoms. The van der Waals surface area contributed by atoms with Crippen LogP contribution in [0.25, 0.3) is 16.6 Å². The standard InChI is InChI=1S/C18H18N2O.C6H7N5/c1-4-16-19-14-10-7-9-13(3)17(14)18(21)20(16)15-11-6-5-8-12(15)2;1-3-4(2-7)5(8)11-6(9)10-3/h5-11H,4H2,1-3H3;1H3,(H4,8,9,10,11). The fraction of sp³-hybridized carbons (Fsp3) is 0.208. The number of para-hydroxylation sites is 1. The lowest BCUT2D eigenvalue weighted by Crippen LogP contribution is -2.24. The SMILES string of the molecule is CCc1nc2cccc(C)c2c(=O)n1-c1ccccc1C.Cc1nc(N)nc(N)c1C#N. The van der Waals surface area contributed by atoms with Gasteiger partial charge in [0.1, 0.15) is 23.3 Å². The van der Waals surface area contributed by atoms with E-state index in [1.165, 1.54) is 0 Å². The van der Waals surface area contributed by atoms with Crippen LogP contribution in [-0.4, -0.2) is 19.5 Å². The van der Waals surface area contributed by atoms with Gasteiger partial charge in [-0.3, -0.25) is 9.36 Å². The van der Waals surface area contributed by atoms with Crippen LogP contribution in [0.2, 0.25) is 0 Å². The first-order valence-corrected chi connectivity index (χ1v) is 10.1. The number of hydrogen-bond donors (Lipinski definition) is 2. The quantitative estimate of drug-likeness (QED) is 0.500. The summed E-state index contributed by atoms with van der Waals surface area (Å²) in [7, 11) is 0. The lowest BCUT2D eigenvalue weighted by molar-refractivity contribution is 0.828. The molecule has 0 atom stereocenters. The normalized spacial score (nSPS) is 10.3. The first kappa shape index (κ1) is 22.4. The van der Waals surface area contributed by atoms with E-state index in [-0.39, 0.29) is 17.3 Å². The van der Waals surface area contributed by atoms with Gasteiger partial charge in [0.05, 0.1) is 22.3 Å². The van der Waals surface area contributed by atoms with Crippen LogP contribution >= 0.6 is 0 Å². The molecule has 4 N–H and O–H groups in total. The molecule has 0 saturated carbocycles. The van der Waals surface area contributed by atoms with Crippen LogP contribution in [0.3, 0.4) is 0 Å². The van der Waals surface area contributed by atoms with Gasteiger partial charge in [-0.05, 0) is 44.0 Å². The number of fused-ring (bicyclic) bond motifs is 1. The lowest BCUT2D eigenvalue weighted by Gasteiger charge is -2.15. The minimum atomic E-state index is 0.0178. The number of aryl methyl sites for hydroxylation is 4. The number of hydrogen-bond acceptors (Lipinski definition) is 7. The Bertz CT molecular complexity index is 1380. The molecule has 0 aliphatic carbocycles. The van der Waals surface area contributed by atoms with E-state index in [0.29, 0.717) is 23.1 Å². The zero-order chi connectivity index (χ0) is 23.4. The molecule has 2 aromatic carbocycles. The zero-order valence-corrected chi connectivity index (χ0v) is 18.5.